The highest BCUT2D eigenvalue weighted by atomic mass is 32.2. The van der Waals surface area contributed by atoms with Crippen molar-refractivity contribution in [2.75, 3.05) is 5.75 Å². The first-order chi connectivity index (χ1) is 8.38. The van der Waals surface area contributed by atoms with E-state index in [-0.39, 0.29) is 11.5 Å². The number of rotatable bonds is 5. The van der Waals surface area contributed by atoms with Crippen LogP contribution in [0.4, 0.5) is 0 Å². The zero-order chi connectivity index (χ0) is 13.8. The number of ketones is 1. The molecule has 18 heavy (non-hydrogen) atoms. The molecule has 0 spiro atoms. The minimum absolute atomic E-state index is 0.133. The van der Waals surface area contributed by atoms with Gasteiger partial charge in [-0.3, -0.25) is 9.00 Å². The molecule has 0 radical (unpaired) electrons. The second-order valence-electron chi connectivity index (χ2n) is 4.48. The van der Waals surface area contributed by atoms with E-state index in [2.05, 4.69) is 4.79 Å². The Kier molecular flexibility index (Phi) is 4.67. The SMILES string of the molecule is CC(C)(CS(=O)[O-])C(=O)C(=[N+]=[N-])c1ccccc1. The monoisotopic (exact) mass is 265 g/mol. The van der Waals surface area contributed by atoms with Crippen LogP contribution in [0.1, 0.15) is 19.4 Å². The van der Waals surface area contributed by atoms with Crippen LogP contribution in [0.15, 0.2) is 30.3 Å². The highest BCUT2D eigenvalue weighted by Gasteiger charge is 2.37. The molecule has 1 aromatic rings. The molecule has 0 aromatic heterocycles. The fourth-order valence-electron chi connectivity index (χ4n) is 1.51. The van der Waals surface area contributed by atoms with Crippen molar-refractivity contribution in [1.29, 1.82) is 0 Å². The van der Waals surface area contributed by atoms with Gasteiger partial charge in [-0.05, 0) is 12.1 Å². The molecule has 1 unspecified atom stereocenters. The van der Waals surface area contributed by atoms with E-state index < -0.39 is 22.3 Å². The lowest BCUT2D eigenvalue weighted by atomic mass is 9.85. The third kappa shape index (κ3) is 3.43. The Hall–Kier alpha value is -1.62. The van der Waals surface area contributed by atoms with Crippen LogP contribution in [-0.2, 0) is 15.9 Å². The molecule has 0 amide bonds. The third-order valence-electron chi connectivity index (χ3n) is 2.46. The summed E-state index contributed by atoms with van der Waals surface area (Å²) in [5.74, 6) is -0.835. The maximum atomic E-state index is 12.2. The van der Waals surface area contributed by atoms with Gasteiger partial charge in [-0.25, -0.2) is 0 Å². The molecule has 5 nitrogen and oxygen atoms in total. The van der Waals surface area contributed by atoms with Gasteiger partial charge in [-0.1, -0.05) is 43.1 Å². The van der Waals surface area contributed by atoms with Crippen molar-refractivity contribution in [1.82, 2.24) is 0 Å². The zero-order valence-electron chi connectivity index (χ0n) is 10.1. The van der Waals surface area contributed by atoms with Gasteiger partial charge in [0.2, 0.25) is 0 Å². The predicted molar refractivity (Wildman–Crippen MR) is 66.7 cm³/mol. The van der Waals surface area contributed by atoms with Crippen molar-refractivity contribution >= 4 is 22.6 Å². The zero-order valence-corrected chi connectivity index (χ0v) is 10.9. The van der Waals surface area contributed by atoms with Crippen LogP contribution in [0.2, 0.25) is 0 Å². The van der Waals surface area contributed by atoms with Crippen LogP contribution >= 0.6 is 0 Å². The molecule has 1 atom stereocenters. The number of hydrogen-bond donors (Lipinski definition) is 0. The maximum absolute atomic E-state index is 12.2. The molecule has 0 saturated carbocycles. The first-order valence-electron chi connectivity index (χ1n) is 5.26. The average Bonchev–Trinajstić information content (AvgIpc) is 2.29. The number of Topliss-reactive ketones (excluding diaryl/α,β-unsaturated/α-hetero) is 1. The van der Waals surface area contributed by atoms with E-state index >= 15 is 0 Å². The summed E-state index contributed by atoms with van der Waals surface area (Å²) in [6, 6.07) is 8.41. The smallest absolute Gasteiger partial charge is 0.365 e. The summed E-state index contributed by atoms with van der Waals surface area (Å²) < 4.78 is 21.4. The molecular formula is C12H13N2O3S-. The summed E-state index contributed by atoms with van der Waals surface area (Å²) in [5.41, 5.74) is 8.15. The lowest BCUT2D eigenvalue weighted by molar-refractivity contribution is -0.123. The number of hydrogen-bond acceptors (Lipinski definition) is 3. The molecule has 6 heteroatoms. The van der Waals surface area contributed by atoms with Crippen LogP contribution in [0.3, 0.4) is 0 Å². The Morgan fingerprint density at radius 2 is 1.94 bits per heavy atom. The maximum Gasteiger partial charge on any atom is 0.365 e. The van der Waals surface area contributed by atoms with Crippen LogP contribution in [-0.4, -0.2) is 30.8 Å². The van der Waals surface area contributed by atoms with Gasteiger partial charge in [-0.2, -0.15) is 4.79 Å². The Labute approximate surface area is 108 Å². The Morgan fingerprint density at radius 1 is 1.39 bits per heavy atom. The van der Waals surface area contributed by atoms with E-state index in [9.17, 15) is 13.6 Å². The van der Waals surface area contributed by atoms with Crippen LogP contribution in [0, 0.1) is 5.41 Å². The van der Waals surface area contributed by atoms with Gasteiger partial charge < -0.3 is 10.1 Å². The number of carbonyl (C=O) groups is 1. The number of carbonyl (C=O) groups excluding carboxylic acids is 1. The van der Waals surface area contributed by atoms with Crippen molar-refractivity contribution in [2.45, 2.75) is 13.8 Å². The molecule has 1 rings (SSSR count). The first-order valence-corrected chi connectivity index (χ1v) is 6.51. The minimum atomic E-state index is -2.34. The molecule has 0 aliphatic rings. The highest BCUT2D eigenvalue weighted by Crippen LogP contribution is 2.20. The average molecular weight is 265 g/mol. The second kappa shape index (κ2) is 5.82. The van der Waals surface area contributed by atoms with Gasteiger partial charge in [-0.15, -0.1) is 0 Å². The van der Waals surface area contributed by atoms with Crippen molar-refractivity contribution in [3.8, 4) is 0 Å². The summed E-state index contributed by atoms with van der Waals surface area (Å²) in [6.45, 7) is 3.00. The molecule has 0 N–H and O–H groups in total. The van der Waals surface area contributed by atoms with Crippen molar-refractivity contribution in [3.05, 3.63) is 41.4 Å². The molecule has 0 fully saturated rings. The molecule has 0 aliphatic heterocycles. The second-order valence-corrected chi connectivity index (χ2v) is 5.37. The lowest BCUT2D eigenvalue weighted by Gasteiger charge is -2.21. The van der Waals surface area contributed by atoms with E-state index in [0.717, 1.165) is 0 Å². The van der Waals surface area contributed by atoms with Crippen LogP contribution in [0.5, 0.6) is 0 Å². The van der Waals surface area contributed by atoms with Gasteiger partial charge in [0.15, 0.2) is 0 Å². The highest BCUT2D eigenvalue weighted by molar-refractivity contribution is 7.79. The summed E-state index contributed by atoms with van der Waals surface area (Å²) in [4.78, 5) is 15.2. The standard InChI is InChI=1S/C12H14N2O3S/c1-12(2,8-18(16)17)11(15)10(14-13)9-6-4-3-5-7-9/h3-7H,8H2,1-2H3,(H,16,17)/p-1. The van der Waals surface area contributed by atoms with E-state index in [1.165, 1.54) is 13.8 Å². The molecule has 0 saturated heterocycles. The normalized spacial score (nSPS) is 12.6. The van der Waals surface area contributed by atoms with Crippen molar-refractivity contribution < 1.29 is 18.3 Å². The topological polar surface area (TPSA) is 93.6 Å². The van der Waals surface area contributed by atoms with Gasteiger partial charge in [0.25, 0.3) is 5.78 Å². The summed E-state index contributed by atoms with van der Waals surface area (Å²) in [7, 11) is 0. The van der Waals surface area contributed by atoms with E-state index in [4.69, 9.17) is 5.53 Å². The third-order valence-corrected chi connectivity index (χ3v) is 3.41. The quantitative estimate of drug-likeness (QED) is 0.346. The Morgan fingerprint density at radius 3 is 2.39 bits per heavy atom. The molecule has 0 aliphatic carbocycles. The van der Waals surface area contributed by atoms with Gasteiger partial charge >= 0.3 is 5.71 Å². The fraction of sp³-hybridized carbons (Fsp3) is 0.333. The van der Waals surface area contributed by atoms with E-state index in [1.54, 1.807) is 30.3 Å². The fourth-order valence-corrected chi connectivity index (χ4v) is 2.23. The van der Waals surface area contributed by atoms with Gasteiger partial charge in [0, 0.05) is 11.2 Å². The van der Waals surface area contributed by atoms with E-state index in [1.807, 2.05) is 0 Å². The Balaban J connectivity index is 3.09. The van der Waals surface area contributed by atoms with Crippen molar-refractivity contribution in [3.63, 3.8) is 0 Å². The molecular weight excluding hydrogens is 252 g/mol. The van der Waals surface area contributed by atoms with Gasteiger partial charge in [0.05, 0.1) is 5.56 Å². The summed E-state index contributed by atoms with van der Waals surface area (Å²) in [5, 5.41) is 0. The van der Waals surface area contributed by atoms with Gasteiger partial charge in [0.1, 0.15) is 0 Å². The number of benzene rings is 1. The molecule has 0 bridgehead atoms. The number of nitrogens with zero attached hydrogens (tertiary/aromatic N) is 2. The molecule has 0 heterocycles. The molecule has 96 valence electrons. The lowest BCUT2D eigenvalue weighted by Crippen LogP contribution is -2.36. The summed E-state index contributed by atoms with van der Waals surface area (Å²) >= 11 is -2.34. The Bertz CT molecular complexity index is 519. The molecule has 1 aromatic carbocycles. The van der Waals surface area contributed by atoms with Crippen molar-refractivity contribution in [2.24, 2.45) is 5.41 Å². The first kappa shape index (κ1) is 14.4. The largest absolute Gasteiger partial charge is 0.772 e. The van der Waals surface area contributed by atoms with E-state index in [0.29, 0.717) is 5.56 Å². The van der Waals surface area contributed by atoms with Crippen LogP contribution < -0.4 is 0 Å². The summed E-state index contributed by atoms with van der Waals surface area (Å²) in [6.07, 6.45) is 0. The minimum Gasteiger partial charge on any atom is -0.772 e. The van der Waals surface area contributed by atoms with Crippen LogP contribution in [0.25, 0.3) is 5.53 Å². The predicted octanol–water partition coefficient (Wildman–Crippen LogP) is 1.18.